The highest BCUT2D eigenvalue weighted by molar-refractivity contribution is 7.13. The highest BCUT2D eigenvalue weighted by atomic mass is 32.1. The summed E-state index contributed by atoms with van der Waals surface area (Å²) in [5.74, 6) is 1.02. The predicted octanol–water partition coefficient (Wildman–Crippen LogP) is 1.71. The molecule has 18 heavy (non-hydrogen) atoms. The van der Waals surface area contributed by atoms with Crippen molar-refractivity contribution in [2.24, 2.45) is 5.73 Å². The SMILES string of the molecule is Cc1nsc2ncnc(N3CCC(N)CC3C)c12. The predicted molar refractivity (Wildman–Crippen MR) is 74.0 cm³/mol. The molecule has 2 atom stereocenters. The first-order valence-electron chi connectivity index (χ1n) is 6.26. The Morgan fingerprint density at radius 3 is 3.06 bits per heavy atom. The molecular weight excluding hydrogens is 246 g/mol. The van der Waals surface area contributed by atoms with Crippen LogP contribution in [0.3, 0.4) is 0 Å². The van der Waals surface area contributed by atoms with Crippen LogP contribution in [0.4, 0.5) is 5.82 Å². The molecule has 0 aromatic carbocycles. The van der Waals surface area contributed by atoms with Gasteiger partial charge < -0.3 is 10.6 Å². The Labute approximate surface area is 110 Å². The van der Waals surface area contributed by atoms with E-state index in [4.69, 9.17) is 5.73 Å². The molecule has 1 saturated heterocycles. The number of aromatic nitrogens is 3. The number of nitrogens with zero attached hydrogens (tertiary/aromatic N) is 4. The number of anilines is 1. The number of aryl methyl sites for hydroxylation is 1. The summed E-state index contributed by atoms with van der Waals surface area (Å²) in [7, 11) is 0. The van der Waals surface area contributed by atoms with E-state index in [1.54, 1.807) is 6.33 Å². The van der Waals surface area contributed by atoms with Crippen molar-refractivity contribution >= 4 is 27.6 Å². The van der Waals surface area contributed by atoms with Gasteiger partial charge in [0, 0.05) is 18.6 Å². The van der Waals surface area contributed by atoms with Gasteiger partial charge in [-0.25, -0.2) is 9.97 Å². The van der Waals surface area contributed by atoms with Crippen molar-refractivity contribution < 1.29 is 0 Å². The molecule has 1 fully saturated rings. The molecule has 2 aromatic rings. The molecule has 3 heterocycles. The molecular formula is C12H17N5S. The van der Waals surface area contributed by atoms with Crippen molar-refractivity contribution in [3.8, 4) is 0 Å². The Morgan fingerprint density at radius 1 is 1.44 bits per heavy atom. The van der Waals surface area contributed by atoms with Gasteiger partial charge in [-0.2, -0.15) is 4.37 Å². The lowest BCUT2D eigenvalue weighted by atomic mass is 9.99. The molecule has 0 aliphatic carbocycles. The molecule has 1 aliphatic rings. The first-order chi connectivity index (χ1) is 8.66. The molecule has 96 valence electrons. The number of fused-ring (bicyclic) bond motifs is 1. The zero-order chi connectivity index (χ0) is 12.7. The second kappa shape index (κ2) is 4.44. The van der Waals surface area contributed by atoms with Crippen molar-refractivity contribution in [1.29, 1.82) is 0 Å². The van der Waals surface area contributed by atoms with Crippen LogP contribution < -0.4 is 10.6 Å². The summed E-state index contributed by atoms with van der Waals surface area (Å²) in [5.41, 5.74) is 7.04. The fourth-order valence-corrected chi connectivity index (χ4v) is 3.38. The Hall–Kier alpha value is -1.27. The minimum Gasteiger partial charge on any atom is -0.353 e. The van der Waals surface area contributed by atoms with Crippen LogP contribution in [0.15, 0.2) is 6.33 Å². The van der Waals surface area contributed by atoms with Gasteiger partial charge in [0.05, 0.1) is 11.1 Å². The lowest BCUT2D eigenvalue weighted by molar-refractivity contribution is 0.428. The van der Waals surface area contributed by atoms with Crippen molar-refractivity contribution in [2.75, 3.05) is 11.4 Å². The van der Waals surface area contributed by atoms with Gasteiger partial charge in [0.2, 0.25) is 0 Å². The van der Waals surface area contributed by atoms with E-state index in [2.05, 4.69) is 26.2 Å². The highest BCUT2D eigenvalue weighted by Crippen LogP contribution is 2.31. The summed E-state index contributed by atoms with van der Waals surface area (Å²) in [6.07, 6.45) is 3.67. The third kappa shape index (κ3) is 1.85. The smallest absolute Gasteiger partial charge is 0.149 e. The van der Waals surface area contributed by atoms with Crippen molar-refractivity contribution in [2.45, 2.75) is 38.8 Å². The van der Waals surface area contributed by atoms with Gasteiger partial charge in [0.1, 0.15) is 17.0 Å². The second-order valence-electron chi connectivity index (χ2n) is 4.97. The maximum Gasteiger partial charge on any atom is 0.149 e. The third-order valence-corrected chi connectivity index (χ3v) is 4.46. The normalized spacial score (nSPS) is 24.7. The Balaban J connectivity index is 2.06. The fourth-order valence-electron chi connectivity index (χ4n) is 2.64. The maximum absolute atomic E-state index is 6.02. The summed E-state index contributed by atoms with van der Waals surface area (Å²) in [4.78, 5) is 12.1. The molecule has 1 aliphatic heterocycles. The monoisotopic (exact) mass is 263 g/mol. The Bertz CT molecular complexity index is 567. The van der Waals surface area contributed by atoms with E-state index in [1.807, 2.05) is 6.92 Å². The fraction of sp³-hybridized carbons (Fsp3) is 0.583. The van der Waals surface area contributed by atoms with Crippen LogP contribution in [0.5, 0.6) is 0 Å². The lowest BCUT2D eigenvalue weighted by Gasteiger charge is -2.37. The van der Waals surface area contributed by atoms with Crippen LogP contribution in [0.2, 0.25) is 0 Å². The summed E-state index contributed by atoms with van der Waals surface area (Å²) in [6, 6.07) is 0.737. The molecule has 2 N–H and O–H groups in total. The zero-order valence-electron chi connectivity index (χ0n) is 10.6. The van der Waals surface area contributed by atoms with Gasteiger partial charge >= 0.3 is 0 Å². The average Bonchev–Trinajstić information content (AvgIpc) is 2.72. The molecule has 0 bridgehead atoms. The largest absolute Gasteiger partial charge is 0.353 e. The van der Waals surface area contributed by atoms with Crippen LogP contribution in [0.1, 0.15) is 25.5 Å². The van der Waals surface area contributed by atoms with E-state index >= 15 is 0 Å². The topological polar surface area (TPSA) is 67.9 Å². The van der Waals surface area contributed by atoms with E-state index in [0.29, 0.717) is 12.1 Å². The number of piperidine rings is 1. The molecule has 0 saturated carbocycles. The third-order valence-electron chi connectivity index (χ3n) is 3.61. The molecule has 6 heteroatoms. The van der Waals surface area contributed by atoms with E-state index in [-0.39, 0.29) is 0 Å². The van der Waals surface area contributed by atoms with E-state index < -0.39 is 0 Å². The molecule has 2 unspecified atom stereocenters. The zero-order valence-corrected chi connectivity index (χ0v) is 11.4. The summed E-state index contributed by atoms with van der Waals surface area (Å²) in [5, 5.41) is 1.10. The van der Waals surface area contributed by atoms with Crippen LogP contribution >= 0.6 is 11.5 Å². The van der Waals surface area contributed by atoms with Crippen LogP contribution in [-0.2, 0) is 0 Å². The van der Waals surface area contributed by atoms with Gasteiger partial charge in [-0.15, -0.1) is 0 Å². The van der Waals surface area contributed by atoms with Crippen LogP contribution in [-0.4, -0.2) is 33.0 Å². The summed E-state index contributed by atoms with van der Waals surface area (Å²) in [6.45, 7) is 5.19. The second-order valence-corrected chi connectivity index (χ2v) is 5.72. The lowest BCUT2D eigenvalue weighted by Crippen LogP contribution is -2.46. The van der Waals surface area contributed by atoms with E-state index in [0.717, 1.165) is 41.1 Å². The standard InChI is InChI=1S/C12H17N5S/c1-7-5-9(13)3-4-17(7)11-10-8(2)16-18-12(10)15-6-14-11/h6-7,9H,3-5,13H2,1-2H3. The van der Waals surface area contributed by atoms with Gasteiger partial charge in [0.25, 0.3) is 0 Å². The number of rotatable bonds is 1. The van der Waals surface area contributed by atoms with Crippen molar-refractivity contribution in [3.63, 3.8) is 0 Å². The van der Waals surface area contributed by atoms with Gasteiger partial charge in [0.15, 0.2) is 0 Å². The molecule has 2 aromatic heterocycles. The number of hydrogen-bond donors (Lipinski definition) is 1. The van der Waals surface area contributed by atoms with E-state index in [9.17, 15) is 0 Å². The minimum absolute atomic E-state index is 0.315. The summed E-state index contributed by atoms with van der Waals surface area (Å²) >= 11 is 1.44. The van der Waals surface area contributed by atoms with Crippen molar-refractivity contribution in [3.05, 3.63) is 12.0 Å². The molecule has 0 radical (unpaired) electrons. The van der Waals surface area contributed by atoms with E-state index in [1.165, 1.54) is 11.5 Å². The Kier molecular flexibility index (Phi) is 2.91. The van der Waals surface area contributed by atoms with Gasteiger partial charge in [-0.1, -0.05) is 0 Å². The van der Waals surface area contributed by atoms with Crippen molar-refractivity contribution in [1.82, 2.24) is 14.3 Å². The Morgan fingerprint density at radius 2 is 2.28 bits per heavy atom. The molecule has 5 nitrogen and oxygen atoms in total. The van der Waals surface area contributed by atoms with Gasteiger partial charge in [-0.05, 0) is 38.2 Å². The number of hydrogen-bond acceptors (Lipinski definition) is 6. The first kappa shape index (κ1) is 11.8. The highest BCUT2D eigenvalue weighted by Gasteiger charge is 2.26. The minimum atomic E-state index is 0.315. The molecule has 3 rings (SSSR count). The summed E-state index contributed by atoms with van der Waals surface area (Å²) < 4.78 is 4.38. The molecule has 0 amide bonds. The van der Waals surface area contributed by atoms with Gasteiger partial charge in [-0.3, -0.25) is 0 Å². The quantitative estimate of drug-likeness (QED) is 0.848. The van der Waals surface area contributed by atoms with Crippen LogP contribution in [0, 0.1) is 6.92 Å². The number of nitrogens with two attached hydrogens (primary N) is 1. The van der Waals surface area contributed by atoms with Crippen LogP contribution in [0.25, 0.3) is 10.2 Å². The maximum atomic E-state index is 6.02. The molecule has 0 spiro atoms. The first-order valence-corrected chi connectivity index (χ1v) is 7.03. The average molecular weight is 263 g/mol.